The van der Waals surface area contributed by atoms with Crippen molar-refractivity contribution >= 4 is 6.09 Å². The van der Waals surface area contributed by atoms with E-state index in [9.17, 15) is 9.18 Å². The third kappa shape index (κ3) is 4.42. The van der Waals surface area contributed by atoms with Crippen LogP contribution in [-0.4, -0.2) is 36.3 Å². The first-order valence-electron chi connectivity index (χ1n) is 9.70. The molecule has 2 aromatic carbocycles. The molecule has 2 aliphatic heterocycles. The van der Waals surface area contributed by atoms with Crippen molar-refractivity contribution in [1.82, 2.24) is 4.90 Å². The maximum absolute atomic E-state index is 13.1. The standard InChI is InChI=1S/C23H24FNO3/c24-20-10-8-17(9-11-20)6-7-19-12-21-15-27-16-22(13-19)25(21)23(26)28-14-18-4-2-1-3-5-18/h1-5,8-12,21-22H,6-7,13-16H2. The Kier molecular flexibility index (Phi) is 5.72. The van der Waals surface area contributed by atoms with E-state index in [1.807, 2.05) is 47.4 Å². The fourth-order valence-electron chi connectivity index (χ4n) is 3.90. The highest BCUT2D eigenvalue weighted by molar-refractivity contribution is 5.69. The molecule has 1 fully saturated rings. The lowest BCUT2D eigenvalue weighted by Gasteiger charge is -2.43. The summed E-state index contributed by atoms with van der Waals surface area (Å²) in [6.45, 7) is 1.30. The Labute approximate surface area is 164 Å². The molecule has 5 heteroatoms. The van der Waals surface area contributed by atoms with Crippen LogP contribution >= 0.6 is 0 Å². The zero-order valence-corrected chi connectivity index (χ0v) is 15.7. The average Bonchev–Trinajstić information content (AvgIpc) is 2.71. The van der Waals surface area contributed by atoms with E-state index < -0.39 is 0 Å². The van der Waals surface area contributed by atoms with Crippen LogP contribution in [0.3, 0.4) is 0 Å². The van der Waals surface area contributed by atoms with Gasteiger partial charge in [-0.3, -0.25) is 4.90 Å². The molecule has 146 valence electrons. The highest BCUT2D eigenvalue weighted by Gasteiger charge is 2.38. The van der Waals surface area contributed by atoms with Crippen LogP contribution in [0, 0.1) is 5.82 Å². The zero-order chi connectivity index (χ0) is 19.3. The van der Waals surface area contributed by atoms with E-state index in [0.29, 0.717) is 13.2 Å². The van der Waals surface area contributed by atoms with Gasteiger partial charge in [0.05, 0.1) is 25.3 Å². The summed E-state index contributed by atoms with van der Waals surface area (Å²) in [4.78, 5) is 14.5. The van der Waals surface area contributed by atoms with Crippen molar-refractivity contribution in [2.24, 2.45) is 0 Å². The highest BCUT2D eigenvalue weighted by Crippen LogP contribution is 2.30. The summed E-state index contributed by atoms with van der Waals surface area (Å²) in [5.74, 6) is -0.211. The number of hydrogen-bond acceptors (Lipinski definition) is 3. The normalized spacial score (nSPS) is 21.2. The highest BCUT2D eigenvalue weighted by atomic mass is 19.1. The molecule has 2 heterocycles. The first-order valence-corrected chi connectivity index (χ1v) is 9.70. The van der Waals surface area contributed by atoms with Crippen LogP contribution in [-0.2, 0) is 22.5 Å². The van der Waals surface area contributed by atoms with E-state index in [0.717, 1.165) is 30.4 Å². The fourth-order valence-corrected chi connectivity index (χ4v) is 3.90. The monoisotopic (exact) mass is 381 g/mol. The van der Waals surface area contributed by atoms with Crippen LogP contribution in [0.5, 0.6) is 0 Å². The van der Waals surface area contributed by atoms with Gasteiger partial charge in [-0.25, -0.2) is 9.18 Å². The summed E-state index contributed by atoms with van der Waals surface area (Å²) >= 11 is 0. The van der Waals surface area contributed by atoms with E-state index in [-0.39, 0.29) is 30.6 Å². The molecule has 4 rings (SSSR count). The van der Waals surface area contributed by atoms with Gasteiger partial charge in [0.1, 0.15) is 12.4 Å². The predicted molar refractivity (Wildman–Crippen MR) is 104 cm³/mol. The number of fused-ring (bicyclic) bond motifs is 2. The number of benzene rings is 2. The second-order valence-electron chi connectivity index (χ2n) is 7.36. The van der Waals surface area contributed by atoms with Gasteiger partial charge in [0.2, 0.25) is 0 Å². The zero-order valence-electron chi connectivity index (χ0n) is 15.7. The summed E-state index contributed by atoms with van der Waals surface area (Å²) in [7, 11) is 0. The molecular weight excluding hydrogens is 357 g/mol. The number of ether oxygens (including phenoxy) is 2. The number of aryl methyl sites for hydroxylation is 1. The van der Waals surface area contributed by atoms with Crippen molar-refractivity contribution < 1.29 is 18.7 Å². The molecule has 0 spiro atoms. The lowest BCUT2D eigenvalue weighted by Crippen LogP contribution is -2.56. The number of morpholine rings is 1. The van der Waals surface area contributed by atoms with Crippen molar-refractivity contribution in [3.05, 3.63) is 83.2 Å². The van der Waals surface area contributed by atoms with Gasteiger partial charge < -0.3 is 9.47 Å². The van der Waals surface area contributed by atoms with Gasteiger partial charge in [-0.1, -0.05) is 54.1 Å². The smallest absolute Gasteiger partial charge is 0.411 e. The molecule has 1 amide bonds. The van der Waals surface area contributed by atoms with Crippen molar-refractivity contribution in [3.8, 4) is 0 Å². The number of carbonyl (C=O) groups excluding carboxylic acids is 1. The van der Waals surface area contributed by atoms with Crippen LogP contribution < -0.4 is 0 Å². The van der Waals surface area contributed by atoms with Crippen LogP contribution in [0.25, 0.3) is 0 Å². The topological polar surface area (TPSA) is 38.8 Å². The van der Waals surface area contributed by atoms with Crippen LogP contribution in [0.15, 0.2) is 66.2 Å². The molecule has 0 saturated carbocycles. The number of nitrogens with zero attached hydrogens (tertiary/aromatic N) is 1. The summed E-state index contributed by atoms with van der Waals surface area (Å²) in [5.41, 5.74) is 3.42. The molecule has 0 aromatic heterocycles. The van der Waals surface area contributed by atoms with Gasteiger partial charge in [0.15, 0.2) is 0 Å². The minimum absolute atomic E-state index is 0.00948. The number of carbonyl (C=O) groups is 1. The molecule has 2 aromatic rings. The van der Waals surface area contributed by atoms with Gasteiger partial charge in [-0.05, 0) is 42.5 Å². The number of rotatable bonds is 5. The van der Waals surface area contributed by atoms with Gasteiger partial charge in [0, 0.05) is 0 Å². The second-order valence-corrected chi connectivity index (χ2v) is 7.36. The van der Waals surface area contributed by atoms with E-state index >= 15 is 0 Å². The quantitative estimate of drug-likeness (QED) is 0.716. The lowest BCUT2D eigenvalue weighted by atomic mass is 9.91. The Morgan fingerprint density at radius 2 is 1.82 bits per heavy atom. The Bertz CT molecular complexity index is 835. The Morgan fingerprint density at radius 3 is 2.57 bits per heavy atom. The van der Waals surface area contributed by atoms with Crippen LogP contribution in [0.4, 0.5) is 9.18 Å². The lowest BCUT2D eigenvalue weighted by molar-refractivity contribution is -0.0375. The van der Waals surface area contributed by atoms with Gasteiger partial charge in [0.25, 0.3) is 0 Å². The molecular formula is C23H24FNO3. The number of hydrogen-bond donors (Lipinski definition) is 0. The van der Waals surface area contributed by atoms with Gasteiger partial charge in [-0.15, -0.1) is 0 Å². The van der Waals surface area contributed by atoms with E-state index in [4.69, 9.17) is 9.47 Å². The van der Waals surface area contributed by atoms with E-state index in [1.54, 1.807) is 0 Å². The first-order chi connectivity index (χ1) is 13.7. The largest absolute Gasteiger partial charge is 0.445 e. The van der Waals surface area contributed by atoms with Crippen molar-refractivity contribution in [3.63, 3.8) is 0 Å². The molecule has 2 aliphatic rings. The molecule has 1 saturated heterocycles. The van der Waals surface area contributed by atoms with Crippen molar-refractivity contribution in [2.75, 3.05) is 13.2 Å². The van der Waals surface area contributed by atoms with E-state index in [2.05, 4.69) is 6.08 Å². The fraction of sp³-hybridized carbons (Fsp3) is 0.348. The number of halogens is 1. The van der Waals surface area contributed by atoms with Crippen molar-refractivity contribution in [2.45, 2.75) is 38.0 Å². The SMILES string of the molecule is O=C(OCc1ccccc1)N1C2C=C(CCc3ccc(F)cc3)CC1COC2. The predicted octanol–water partition coefficient (Wildman–Crippen LogP) is 4.49. The summed E-state index contributed by atoms with van der Waals surface area (Å²) in [5, 5.41) is 0. The Morgan fingerprint density at radius 1 is 1.04 bits per heavy atom. The summed E-state index contributed by atoms with van der Waals surface area (Å²) < 4.78 is 24.3. The molecule has 28 heavy (non-hydrogen) atoms. The maximum Gasteiger partial charge on any atom is 0.411 e. The van der Waals surface area contributed by atoms with Crippen LogP contribution in [0.1, 0.15) is 24.0 Å². The minimum Gasteiger partial charge on any atom is -0.445 e. The second kappa shape index (κ2) is 8.57. The third-order valence-electron chi connectivity index (χ3n) is 5.34. The summed E-state index contributed by atoms with van der Waals surface area (Å²) in [6, 6.07) is 16.3. The Balaban J connectivity index is 1.37. The molecule has 0 aliphatic carbocycles. The minimum atomic E-state index is -0.281. The molecule has 0 radical (unpaired) electrons. The maximum atomic E-state index is 13.1. The molecule has 0 N–H and O–H groups in total. The van der Waals surface area contributed by atoms with E-state index in [1.165, 1.54) is 17.7 Å². The van der Waals surface area contributed by atoms with Gasteiger partial charge >= 0.3 is 6.09 Å². The average molecular weight is 381 g/mol. The number of amides is 1. The van der Waals surface area contributed by atoms with Gasteiger partial charge in [-0.2, -0.15) is 0 Å². The Hall–Kier alpha value is -2.66. The molecule has 2 atom stereocenters. The third-order valence-corrected chi connectivity index (χ3v) is 5.34. The molecule has 4 nitrogen and oxygen atoms in total. The first kappa shape index (κ1) is 18.7. The van der Waals surface area contributed by atoms with Crippen molar-refractivity contribution in [1.29, 1.82) is 0 Å². The molecule has 2 bridgehead atoms. The van der Waals surface area contributed by atoms with Crippen LogP contribution in [0.2, 0.25) is 0 Å². The summed E-state index contributed by atoms with van der Waals surface area (Å²) in [6.07, 6.45) is 4.42. The molecule has 2 unspecified atom stereocenters.